The second-order valence-corrected chi connectivity index (χ2v) is 8.08. The number of para-hydroxylation sites is 2. The molecule has 2 N–H and O–H groups in total. The number of rotatable bonds is 5. The van der Waals surface area contributed by atoms with Crippen LogP contribution in [0, 0.1) is 0 Å². The number of phenols is 2. The molecule has 5 aromatic rings. The van der Waals surface area contributed by atoms with E-state index in [1.165, 1.54) is 6.07 Å². The average molecular weight is 434 g/mol. The number of hydrogen-bond acceptors (Lipinski definition) is 4. The topological polar surface area (TPSA) is 70.7 Å². The number of aromatic hydroxyl groups is 2. The molecule has 0 fully saturated rings. The van der Waals surface area contributed by atoms with Crippen molar-refractivity contribution in [3.05, 3.63) is 130 Å². The first kappa shape index (κ1) is 20.6. The van der Waals surface area contributed by atoms with Crippen molar-refractivity contribution in [1.82, 2.24) is 0 Å². The summed E-state index contributed by atoms with van der Waals surface area (Å²) in [5.41, 5.74) is 4.40. The first-order valence-electron chi connectivity index (χ1n) is 10.8. The van der Waals surface area contributed by atoms with Crippen molar-refractivity contribution in [3.8, 4) is 22.8 Å². The molecule has 0 saturated carbocycles. The third-order valence-corrected chi connectivity index (χ3v) is 5.78. The Kier molecular flexibility index (Phi) is 5.41. The maximum Gasteiger partial charge on any atom is 0.193 e. The molecule has 0 aliphatic carbocycles. The van der Waals surface area contributed by atoms with Crippen LogP contribution in [-0.4, -0.2) is 10.2 Å². The largest absolute Gasteiger partial charge is 0.508 e. The van der Waals surface area contributed by atoms with E-state index < -0.39 is 0 Å². The lowest BCUT2D eigenvalue weighted by atomic mass is 9.95. The summed E-state index contributed by atoms with van der Waals surface area (Å²) in [6, 6.07) is 29.2. The highest BCUT2D eigenvalue weighted by atomic mass is 16.3. The summed E-state index contributed by atoms with van der Waals surface area (Å²) in [6.07, 6.45) is 0.870. The monoisotopic (exact) mass is 434 g/mol. The maximum absolute atomic E-state index is 13.2. The molecule has 4 nitrogen and oxygen atoms in total. The molecule has 162 valence electrons. The first-order valence-corrected chi connectivity index (χ1v) is 10.8. The van der Waals surface area contributed by atoms with Crippen molar-refractivity contribution in [2.24, 2.45) is 0 Å². The molecule has 4 heteroatoms. The Morgan fingerprint density at radius 2 is 1.24 bits per heavy atom. The summed E-state index contributed by atoms with van der Waals surface area (Å²) in [4.78, 5) is 13.2. The number of fused-ring (bicyclic) bond motifs is 1. The zero-order chi connectivity index (χ0) is 22.8. The fourth-order valence-electron chi connectivity index (χ4n) is 4.12. The molecule has 1 aromatic heterocycles. The van der Waals surface area contributed by atoms with Crippen molar-refractivity contribution in [1.29, 1.82) is 0 Å². The van der Waals surface area contributed by atoms with E-state index in [1.54, 1.807) is 24.3 Å². The van der Waals surface area contributed by atoms with Gasteiger partial charge in [-0.2, -0.15) is 0 Å². The molecule has 4 aromatic carbocycles. The van der Waals surface area contributed by atoms with E-state index in [0.717, 1.165) is 27.8 Å². The lowest BCUT2D eigenvalue weighted by Crippen LogP contribution is -2.05. The van der Waals surface area contributed by atoms with Crippen molar-refractivity contribution < 1.29 is 14.6 Å². The standard InChI is InChI=1S/C29H22O4/c30-25-12-6-4-10-21(25)14-19-15-23(17-22-11-5-7-13-26(22)31)29-24(16-19)27(32)18-28(33-29)20-8-2-1-3-9-20/h1-13,15-16,18,30-31H,14,17H2. The Bertz CT molecular complexity index is 1500. The number of hydrogen-bond donors (Lipinski definition) is 2. The van der Waals surface area contributed by atoms with E-state index in [2.05, 4.69) is 0 Å². The van der Waals surface area contributed by atoms with Gasteiger partial charge in [-0.05, 0) is 34.9 Å². The predicted octanol–water partition coefficient (Wildman–Crippen LogP) is 6.05. The van der Waals surface area contributed by atoms with Crippen LogP contribution in [0.1, 0.15) is 22.3 Å². The summed E-state index contributed by atoms with van der Waals surface area (Å²) in [7, 11) is 0. The molecule has 0 aliphatic heterocycles. The van der Waals surface area contributed by atoms with Gasteiger partial charge in [0.15, 0.2) is 5.43 Å². The lowest BCUT2D eigenvalue weighted by molar-refractivity contribution is 0.469. The second kappa shape index (κ2) is 8.67. The normalized spacial score (nSPS) is 11.0. The molecule has 0 atom stereocenters. The smallest absolute Gasteiger partial charge is 0.193 e. The SMILES string of the molecule is O=c1cc(-c2ccccc2)oc2c(Cc3ccccc3O)cc(Cc3ccccc3O)cc12. The second-order valence-electron chi connectivity index (χ2n) is 8.08. The molecule has 0 radical (unpaired) electrons. The summed E-state index contributed by atoms with van der Waals surface area (Å²) >= 11 is 0. The summed E-state index contributed by atoms with van der Waals surface area (Å²) in [5, 5.41) is 21.1. The molecule has 0 spiro atoms. The van der Waals surface area contributed by atoms with Gasteiger partial charge < -0.3 is 14.6 Å². The highest BCUT2D eigenvalue weighted by molar-refractivity contribution is 5.83. The van der Waals surface area contributed by atoms with Crippen LogP contribution in [-0.2, 0) is 12.8 Å². The van der Waals surface area contributed by atoms with Crippen LogP contribution < -0.4 is 5.43 Å². The van der Waals surface area contributed by atoms with Crippen molar-refractivity contribution >= 4 is 11.0 Å². The van der Waals surface area contributed by atoms with Gasteiger partial charge in [-0.25, -0.2) is 0 Å². The van der Waals surface area contributed by atoms with Crippen LogP contribution in [0.5, 0.6) is 11.5 Å². The molecule has 33 heavy (non-hydrogen) atoms. The molecule has 0 unspecified atom stereocenters. The van der Waals surface area contributed by atoms with Crippen LogP contribution in [0.25, 0.3) is 22.3 Å². The highest BCUT2D eigenvalue weighted by Crippen LogP contribution is 2.30. The predicted molar refractivity (Wildman–Crippen MR) is 130 cm³/mol. The minimum Gasteiger partial charge on any atom is -0.508 e. The Morgan fingerprint density at radius 1 is 0.636 bits per heavy atom. The van der Waals surface area contributed by atoms with Crippen LogP contribution >= 0.6 is 0 Å². The van der Waals surface area contributed by atoms with Gasteiger partial charge in [-0.1, -0.05) is 72.8 Å². The van der Waals surface area contributed by atoms with Gasteiger partial charge in [0.25, 0.3) is 0 Å². The molecule has 0 amide bonds. The van der Waals surface area contributed by atoms with E-state index in [4.69, 9.17) is 4.42 Å². The first-order chi connectivity index (χ1) is 16.1. The minimum atomic E-state index is -0.132. The fraction of sp³-hybridized carbons (Fsp3) is 0.0690. The quantitative estimate of drug-likeness (QED) is 0.353. The van der Waals surface area contributed by atoms with Crippen LogP contribution in [0.2, 0.25) is 0 Å². The molecule has 5 rings (SSSR count). The molecular weight excluding hydrogens is 412 g/mol. The zero-order valence-corrected chi connectivity index (χ0v) is 17.9. The average Bonchev–Trinajstić information content (AvgIpc) is 2.83. The van der Waals surface area contributed by atoms with E-state index in [9.17, 15) is 15.0 Å². The minimum absolute atomic E-state index is 0.132. The molecule has 0 bridgehead atoms. The van der Waals surface area contributed by atoms with Crippen molar-refractivity contribution in [2.75, 3.05) is 0 Å². The van der Waals surface area contributed by atoms with Crippen molar-refractivity contribution in [3.63, 3.8) is 0 Å². The van der Waals surface area contributed by atoms with Crippen LogP contribution in [0.15, 0.2) is 106 Å². The van der Waals surface area contributed by atoms with E-state index >= 15 is 0 Å². The lowest BCUT2D eigenvalue weighted by Gasteiger charge is -2.12. The number of benzene rings is 4. The molecule has 1 heterocycles. The van der Waals surface area contributed by atoms with Gasteiger partial charge in [0.05, 0.1) is 5.39 Å². The third kappa shape index (κ3) is 4.23. The summed E-state index contributed by atoms with van der Waals surface area (Å²) < 4.78 is 6.27. The zero-order valence-electron chi connectivity index (χ0n) is 17.9. The Labute approximate surface area is 191 Å². The van der Waals surface area contributed by atoms with Gasteiger partial charge in [0, 0.05) is 30.0 Å². The van der Waals surface area contributed by atoms with Gasteiger partial charge >= 0.3 is 0 Å². The van der Waals surface area contributed by atoms with E-state index in [1.807, 2.05) is 66.7 Å². The fourth-order valence-corrected chi connectivity index (χ4v) is 4.12. The highest BCUT2D eigenvalue weighted by Gasteiger charge is 2.15. The van der Waals surface area contributed by atoms with Crippen molar-refractivity contribution in [2.45, 2.75) is 12.8 Å². The van der Waals surface area contributed by atoms with E-state index in [-0.39, 0.29) is 16.9 Å². The summed E-state index contributed by atoms with van der Waals surface area (Å²) in [5.74, 6) is 0.907. The molecule has 0 saturated heterocycles. The van der Waals surface area contributed by atoms with Gasteiger partial charge in [0.1, 0.15) is 22.8 Å². The maximum atomic E-state index is 13.2. The Morgan fingerprint density at radius 3 is 1.91 bits per heavy atom. The summed E-state index contributed by atoms with van der Waals surface area (Å²) in [6.45, 7) is 0. The number of phenolic OH excluding ortho intramolecular Hbond substituents is 2. The third-order valence-electron chi connectivity index (χ3n) is 5.78. The van der Waals surface area contributed by atoms with E-state index in [0.29, 0.717) is 29.6 Å². The Hall–Kier alpha value is -4.31. The van der Waals surface area contributed by atoms with Gasteiger partial charge in [-0.15, -0.1) is 0 Å². The van der Waals surface area contributed by atoms with Gasteiger partial charge in [-0.3, -0.25) is 4.79 Å². The Balaban J connectivity index is 1.69. The van der Waals surface area contributed by atoms with Crippen LogP contribution in [0.4, 0.5) is 0 Å². The molecule has 0 aliphatic rings. The molecular formula is C29H22O4. The van der Waals surface area contributed by atoms with Gasteiger partial charge in [0.2, 0.25) is 0 Å². The van der Waals surface area contributed by atoms with Crippen LogP contribution in [0.3, 0.4) is 0 Å².